The third kappa shape index (κ3) is 3.97. The molecule has 0 saturated carbocycles. The first kappa shape index (κ1) is 17.2. The maximum atomic E-state index is 13.1. The summed E-state index contributed by atoms with van der Waals surface area (Å²) in [7, 11) is 0. The fraction of sp³-hybridized carbons (Fsp3) is 0.250. The van der Waals surface area contributed by atoms with Crippen LogP contribution in [-0.2, 0) is 0 Å². The molecule has 1 atom stereocenters. The Morgan fingerprint density at radius 1 is 1.15 bits per heavy atom. The molecule has 0 radical (unpaired) electrons. The van der Waals surface area contributed by atoms with Crippen molar-refractivity contribution < 1.29 is 13.7 Å². The van der Waals surface area contributed by atoms with Crippen molar-refractivity contribution in [1.29, 1.82) is 0 Å². The summed E-state index contributed by atoms with van der Waals surface area (Å²) in [6, 6.07) is 15.5. The van der Waals surface area contributed by atoms with Gasteiger partial charge in [-0.1, -0.05) is 23.4 Å². The second-order valence-corrected chi connectivity index (χ2v) is 6.55. The maximum absolute atomic E-state index is 13.1. The Kier molecular flexibility index (Phi) is 4.82. The molecule has 1 amide bonds. The number of rotatable bonds is 4. The first-order valence-electron chi connectivity index (χ1n) is 8.89. The number of likely N-dealkylation sites (tertiary alicyclic amines) is 1. The number of nitrogens with one attached hydrogen (secondary N) is 1. The lowest BCUT2D eigenvalue weighted by Gasteiger charge is -2.31. The van der Waals surface area contributed by atoms with E-state index in [9.17, 15) is 9.18 Å². The summed E-state index contributed by atoms with van der Waals surface area (Å²) < 4.78 is 18.4. The second-order valence-electron chi connectivity index (χ2n) is 6.55. The number of hydrogen-bond acceptors (Lipinski definition) is 5. The van der Waals surface area contributed by atoms with E-state index >= 15 is 0 Å². The van der Waals surface area contributed by atoms with Crippen molar-refractivity contribution in [3.8, 4) is 0 Å². The van der Waals surface area contributed by atoms with Crippen molar-refractivity contribution in [1.82, 2.24) is 15.0 Å². The van der Waals surface area contributed by atoms with Crippen LogP contribution in [0.1, 0.15) is 34.9 Å². The van der Waals surface area contributed by atoms with Crippen molar-refractivity contribution in [2.45, 2.75) is 18.8 Å². The average Bonchev–Trinajstić information content (AvgIpc) is 3.17. The average molecular weight is 366 g/mol. The van der Waals surface area contributed by atoms with Gasteiger partial charge in [0.05, 0.1) is 0 Å². The molecule has 0 unspecified atom stereocenters. The Morgan fingerprint density at radius 2 is 1.93 bits per heavy atom. The Labute approximate surface area is 156 Å². The number of amides is 1. The number of nitrogens with zero attached hydrogens (tertiary/aromatic N) is 3. The van der Waals surface area contributed by atoms with Crippen LogP contribution in [0.2, 0.25) is 0 Å². The van der Waals surface area contributed by atoms with Gasteiger partial charge in [0.15, 0.2) is 5.82 Å². The quantitative estimate of drug-likeness (QED) is 0.756. The highest BCUT2D eigenvalue weighted by atomic mass is 19.1. The summed E-state index contributed by atoms with van der Waals surface area (Å²) in [5.74, 6) is 0.141. The molecule has 1 aliphatic heterocycles. The molecule has 4 rings (SSSR count). The Bertz CT molecular complexity index is 911. The van der Waals surface area contributed by atoms with Crippen LogP contribution in [0, 0.1) is 5.82 Å². The lowest BCUT2D eigenvalue weighted by Crippen LogP contribution is -2.39. The van der Waals surface area contributed by atoms with E-state index in [1.54, 1.807) is 4.90 Å². The molecule has 27 heavy (non-hydrogen) atoms. The summed E-state index contributed by atoms with van der Waals surface area (Å²) >= 11 is 0. The van der Waals surface area contributed by atoms with E-state index < -0.39 is 0 Å². The molecular weight excluding hydrogens is 347 g/mol. The van der Waals surface area contributed by atoms with Gasteiger partial charge in [-0.05, 0) is 49.2 Å². The molecule has 1 N–H and O–H groups in total. The van der Waals surface area contributed by atoms with Crippen LogP contribution >= 0.6 is 0 Å². The Morgan fingerprint density at radius 3 is 2.70 bits per heavy atom. The molecule has 1 saturated heterocycles. The molecule has 3 aromatic rings. The smallest absolute Gasteiger partial charge is 0.325 e. The number of carbonyl (C=O) groups excluding carboxylic acids is 1. The van der Waals surface area contributed by atoms with Crippen LogP contribution < -0.4 is 5.32 Å². The van der Waals surface area contributed by atoms with E-state index in [0.29, 0.717) is 30.5 Å². The molecule has 138 valence electrons. The van der Waals surface area contributed by atoms with E-state index in [4.69, 9.17) is 4.52 Å². The summed E-state index contributed by atoms with van der Waals surface area (Å²) in [4.78, 5) is 18.9. The largest absolute Gasteiger partial charge is 0.338 e. The van der Waals surface area contributed by atoms with Crippen LogP contribution in [0.25, 0.3) is 0 Å². The van der Waals surface area contributed by atoms with Crippen LogP contribution in [-0.4, -0.2) is 34.0 Å². The first-order chi connectivity index (χ1) is 13.2. The molecule has 1 aromatic heterocycles. The maximum Gasteiger partial charge on any atom is 0.325 e. The van der Waals surface area contributed by atoms with Gasteiger partial charge < -0.3 is 14.7 Å². The van der Waals surface area contributed by atoms with E-state index in [2.05, 4.69) is 15.5 Å². The molecule has 2 aromatic carbocycles. The van der Waals surface area contributed by atoms with Gasteiger partial charge in [0.1, 0.15) is 5.82 Å². The third-order valence-electron chi connectivity index (χ3n) is 4.63. The van der Waals surface area contributed by atoms with Gasteiger partial charge >= 0.3 is 6.01 Å². The topological polar surface area (TPSA) is 71.3 Å². The molecule has 6 nitrogen and oxygen atoms in total. The predicted octanol–water partition coefficient (Wildman–Crippen LogP) is 3.97. The van der Waals surface area contributed by atoms with Gasteiger partial charge in [-0.25, -0.2) is 4.39 Å². The number of halogens is 1. The van der Waals surface area contributed by atoms with Gasteiger partial charge in [0, 0.05) is 30.3 Å². The lowest BCUT2D eigenvalue weighted by molar-refractivity contribution is 0.0703. The summed E-state index contributed by atoms with van der Waals surface area (Å²) in [5.41, 5.74) is 1.35. The summed E-state index contributed by atoms with van der Waals surface area (Å²) in [6.45, 7) is 1.18. The number of carbonyl (C=O) groups is 1. The number of benzene rings is 2. The zero-order chi connectivity index (χ0) is 18.6. The molecule has 2 heterocycles. The zero-order valence-electron chi connectivity index (χ0n) is 14.6. The van der Waals surface area contributed by atoms with Crippen molar-refractivity contribution in [3.63, 3.8) is 0 Å². The number of hydrogen-bond donors (Lipinski definition) is 1. The standard InChI is InChI=1S/C20H19FN4O2/c21-16-10-8-14(9-11-16)19(26)25-12-4-5-15(13-25)18-23-20(27-24-18)22-17-6-2-1-3-7-17/h1-3,6-11,15H,4-5,12-13H2,(H,22,23,24)/t15-/m0/s1. The molecule has 0 spiro atoms. The van der Waals surface area contributed by atoms with Crippen molar-refractivity contribution in [2.75, 3.05) is 18.4 Å². The summed E-state index contributed by atoms with van der Waals surface area (Å²) in [5, 5.41) is 7.15. The number of anilines is 2. The fourth-order valence-electron chi connectivity index (χ4n) is 3.24. The van der Waals surface area contributed by atoms with Gasteiger partial charge in [-0.15, -0.1) is 0 Å². The van der Waals surface area contributed by atoms with E-state index in [1.165, 1.54) is 24.3 Å². The van der Waals surface area contributed by atoms with Crippen molar-refractivity contribution >= 4 is 17.6 Å². The van der Waals surface area contributed by atoms with Gasteiger partial charge in [-0.2, -0.15) is 4.98 Å². The fourth-order valence-corrected chi connectivity index (χ4v) is 3.24. The highest BCUT2D eigenvalue weighted by molar-refractivity contribution is 5.94. The molecule has 0 aliphatic carbocycles. The highest BCUT2D eigenvalue weighted by Crippen LogP contribution is 2.27. The van der Waals surface area contributed by atoms with Crippen LogP contribution in [0.5, 0.6) is 0 Å². The van der Waals surface area contributed by atoms with Gasteiger partial charge in [-0.3, -0.25) is 4.79 Å². The molecular formula is C20H19FN4O2. The van der Waals surface area contributed by atoms with E-state index in [1.807, 2.05) is 30.3 Å². The van der Waals surface area contributed by atoms with Crippen LogP contribution in [0.4, 0.5) is 16.1 Å². The minimum atomic E-state index is -0.353. The molecule has 7 heteroatoms. The SMILES string of the molecule is O=C(c1ccc(F)cc1)N1CCC[C@H](c2noc(Nc3ccccc3)n2)C1. The first-order valence-corrected chi connectivity index (χ1v) is 8.89. The minimum Gasteiger partial charge on any atom is -0.338 e. The Balaban J connectivity index is 1.44. The Hall–Kier alpha value is -3.22. The number of para-hydroxylation sites is 1. The molecule has 1 aliphatic rings. The minimum absolute atomic E-state index is 0.0122. The predicted molar refractivity (Wildman–Crippen MR) is 98.3 cm³/mol. The number of piperidine rings is 1. The van der Waals surface area contributed by atoms with Crippen molar-refractivity contribution in [3.05, 3.63) is 71.8 Å². The second kappa shape index (κ2) is 7.57. The highest BCUT2D eigenvalue weighted by Gasteiger charge is 2.28. The molecule has 0 bridgehead atoms. The van der Waals surface area contributed by atoms with E-state index in [-0.39, 0.29) is 17.6 Å². The summed E-state index contributed by atoms with van der Waals surface area (Å²) in [6.07, 6.45) is 1.74. The monoisotopic (exact) mass is 366 g/mol. The van der Waals surface area contributed by atoms with Crippen LogP contribution in [0.3, 0.4) is 0 Å². The lowest BCUT2D eigenvalue weighted by atomic mass is 9.96. The number of aromatic nitrogens is 2. The van der Waals surface area contributed by atoms with E-state index in [0.717, 1.165) is 18.5 Å². The normalized spacial score (nSPS) is 16.9. The van der Waals surface area contributed by atoms with Crippen molar-refractivity contribution in [2.24, 2.45) is 0 Å². The van der Waals surface area contributed by atoms with Gasteiger partial charge in [0.2, 0.25) is 0 Å². The van der Waals surface area contributed by atoms with Crippen LogP contribution in [0.15, 0.2) is 59.1 Å². The third-order valence-corrected chi connectivity index (χ3v) is 4.63. The van der Waals surface area contributed by atoms with Gasteiger partial charge in [0.25, 0.3) is 5.91 Å². The molecule has 1 fully saturated rings. The zero-order valence-corrected chi connectivity index (χ0v) is 14.6.